The molecule has 21 heavy (non-hydrogen) atoms. The number of benzene rings is 2. The smallest absolute Gasteiger partial charge is 0.271 e. The molecule has 108 valence electrons. The fourth-order valence-corrected chi connectivity index (χ4v) is 1.69. The molecule has 2 aromatic carbocycles. The van der Waals surface area contributed by atoms with Crippen molar-refractivity contribution in [2.45, 2.75) is 13.3 Å². The van der Waals surface area contributed by atoms with Gasteiger partial charge in [0.05, 0.1) is 12.8 Å². The number of carbonyl (C=O) groups excluding carboxylic acids is 1. The van der Waals surface area contributed by atoms with Crippen molar-refractivity contribution in [2.24, 2.45) is 5.10 Å². The van der Waals surface area contributed by atoms with E-state index in [1.165, 1.54) is 0 Å². The van der Waals surface area contributed by atoms with Crippen LogP contribution in [0.25, 0.3) is 0 Å². The van der Waals surface area contributed by atoms with Crippen molar-refractivity contribution in [2.75, 3.05) is 6.61 Å². The fourth-order valence-electron chi connectivity index (χ4n) is 1.69. The number of nitrogens with zero attached hydrogens (tertiary/aromatic N) is 1. The van der Waals surface area contributed by atoms with Gasteiger partial charge in [0.2, 0.25) is 0 Å². The summed E-state index contributed by atoms with van der Waals surface area (Å²) in [6.45, 7) is 2.77. The normalized spacial score (nSPS) is 10.5. The van der Waals surface area contributed by atoms with Gasteiger partial charge in [0.15, 0.2) is 0 Å². The van der Waals surface area contributed by atoms with E-state index in [1.807, 2.05) is 42.5 Å². The number of amides is 1. The summed E-state index contributed by atoms with van der Waals surface area (Å²) in [4.78, 5) is 11.8. The van der Waals surface area contributed by atoms with E-state index in [9.17, 15) is 4.79 Å². The van der Waals surface area contributed by atoms with Crippen LogP contribution in [0.4, 0.5) is 0 Å². The Hall–Kier alpha value is -2.62. The lowest BCUT2D eigenvalue weighted by Crippen LogP contribution is -2.17. The Kier molecular flexibility index (Phi) is 5.52. The Balaban J connectivity index is 1.88. The molecule has 4 nitrogen and oxygen atoms in total. The van der Waals surface area contributed by atoms with Crippen LogP contribution >= 0.6 is 0 Å². The summed E-state index contributed by atoms with van der Waals surface area (Å²) in [6.07, 6.45) is 2.58. The highest BCUT2D eigenvalue weighted by Crippen LogP contribution is 2.11. The molecule has 0 heterocycles. The van der Waals surface area contributed by atoms with Crippen LogP contribution < -0.4 is 10.2 Å². The summed E-state index contributed by atoms with van der Waals surface area (Å²) in [7, 11) is 0. The number of ether oxygens (including phenoxy) is 1. The second-order valence-corrected chi connectivity index (χ2v) is 4.48. The van der Waals surface area contributed by atoms with Crippen LogP contribution in [0, 0.1) is 0 Å². The number of nitrogens with one attached hydrogen (secondary N) is 1. The molecule has 0 radical (unpaired) electrons. The van der Waals surface area contributed by atoms with Gasteiger partial charge in [-0.05, 0) is 48.4 Å². The van der Waals surface area contributed by atoms with Gasteiger partial charge in [0.1, 0.15) is 5.75 Å². The molecule has 0 fully saturated rings. The van der Waals surface area contributed by atoms with Gasteiger partial charge in [-0.15, -0.1) is 0 Å². The molecule has 1 amide bonds. The first-order chi connectivity index (χ1) is 10.3. The van der Waals surface area contributed by atoms with Gasteiger partial charge in [-0.25, -0.2) is 5.43 Å². The van der Waals surface area contributed by atoms with Crippen LogP contribution in [0.5, 0.6) is 5.75 Å². The maximum absolute atomic E-state index is 11.8. The fraction of sp³-hybridized carbons (Fsp3) is 0.176. The van der Waals surface area contributed by atoms with Crippen LogP contribution in [-0.2, 0) is 0 Å². The van der Waals surface area contributed by atoms with E-state index in [0.29, 0.717) is 12.2 Å². The molecular formula is C17H18N2O2. The van der Waals surface area contributed by atoms with Gasteiger partial charge in [-0.1, -0.05) is 25.1 Å². The van der Waals surface area contributed by atoms with E-state index >= 15 is 0 Å². The maximum atomic E-state index is 11.8. The molecule has 0 saturated heterocycles. The second kappa shape index (κ2) is 7.85. The van der Waals surface area contributed by atoms with E-state index in [0.717, 1.165) is 17.7 Å². The molecule has 0 saturated carbocycles. The van der Waals surface area contributed by atoms with Gasteiger partial charge in [-0.3, -0.25) is 4.79 Å². The number of rotatable bonds is 6. The third-order valence-electron chi connectivity index (χ3n) is 2.77. The Morgan fingerprint density at radius 1 is 1.14 bits per heavy atom. The van der Waals surface area contributed by atoms with Crippen LogP contribution in [-0.4, -0.2) is 18.7 Å². The standard InChI is InChI=1S/C17H18N2O2/c1-2-12-21-16-10-8-14(9-11-16)13-18-19-17(20)15-6-4-3-5-7-15/h3-11,13H,2,12H2,1H3,(H,19,20)/b18-13-. The van der Waals surface area contributed by atoms with Gasteiger partial charge >= 0.3 is 0 Å². The van der Waals surface area contributed by atoms with Gasteiger partial charge in [0, 0.05) is 5.56 Å². The van der Waals surface area contributed by atoms with Crippen molar-refractivity contribution < 1.29 is 9.53 Å². The van der Waals surface area contributed by atoms with Crippen molar-refractivity contribution in [3.63, 3.8) is 0 Å². The average Bonchev–Trinajstić information content (AvgIpc) is 2.55. The first-order valence-electron chi connectivity index (χ1n) is 6.91. The summed E-state index contributed by atoms with van der Waals surface area (Å²) < 4.78 is 5.50. The molecule has 0 aliphatic rings. The SMILES string of the molecule is CCCOc1ccc(/C=N\NC(=O)c2ccccc2)cc1. The zero-order chi connectivity index (χ0) is 14.9. The van der Waals surface area contributed by atoms with Gasteiger partial charge in [-0.2, -0.15) is 5.10 Å². The van der Waals surface area contributed by atoms with Crippen LogP contribution in [0.3, 0.4) is 0 Å². The average molecular weight is 282 g/mol. The molecule has 0 aliphatic carbocycles. The number of hydrazone groups is 1. The molecule has 1 N–H and O–H groups in total. The predicted molar refractivity (Wildman–Crippen MR) is 83.7 cm³/mol. The Bertz CT molecular complexity index is 592. The van der Waals surface area contributed by atoms with Gasteiger partial charge in [0.25, 0.3) is 5.91 Å². The lowest BCUT2D eigenvalue weighted by molar-refractivity contribution is 0.0955. The number of carbonyl (C=O) groups is 1. The third-order valence-corrected chi connectivity index (χ3v) is 2.77. The Labute approximate surface area is 124 Å². The minimum Gasteiger partial charge on any atom is -0.494 e. The molecule has 4 heteroatoms. The first-order valence-corrected chi connectivity index (χ1v) is 6.91. The largest absolute Gasteiger partial charge is 0.494 e. The van der Waals surface area contributed by atoms with E-state index in [1.54, 1.807) is 18.3 Å². The van der Waals surface area contributed by atoms with Crippen molar-refractivity contribution in [3.05, 3.63) is 65.7 Å². The monoisotopic (exact) mass is 282 g/mol. The molecular weight excluding hydrogens is 264 g/mol. The zero-order valence-corrected chi connectivity index (χ0v) is 12.0. The zero-order valence-electron chi connectivity index (χ0n) is 12.0. The molecule has 0 atom stereocenters. The van der Waals surface area contributed by atoms with E-state index < -0.39 is 0 Å². The molecule has 2 rings (SSSR count). The van der Waals surface area contributed by atoms with Crippen LogP contribution in [0.2, 0.25) is 0 Å². The van der Waals surface area contributed by atoms with Crippen LogP contribution in [0.1, 0.15) is 29.3 Å². The number of hydrogen-bond donors (Lipinski definition) is 1. The number of hydrogen-bond acceptors (Lipinski definition) is 3. The Morgan fingerprint density at radius 2 is 1.86 bits per heavy atom. The van der Waals surface area contributed by atoms with E-state index in [4.69, 9.17) is 4.74 Å². The summed E-state index contributed by atoms with van der Waals surface area (Å²) >= 11 is 0. The minimum absolute atomic E-state index is 0.227. The molecule has 0 spiro atoms. The predicted octanol–water partition coefficient (Wildman–Crippen LogP) is 3.24. The lowest BCUT2D eigenvalue weighted by atomic mass is 10.2. The van der Waals surface area contributed by atoms with Crippen molar-refractivity contribution in [3.8, 4) is 5.75 Å². The van der Waals surface area contributed by atoms with Gasteiger partial charge < -0.3 is 4.74 Å². The second-order valence-electron chi connectivity index (χ2n) is 4.48. The van der Waals surface area contributed by atoms with E-state index in [2.05, 4.69) is 17.5 Å². The van der Waals surface area contributed by atoms with Crippen molar-refractivity contribution in [1.82, 2.24) is 5.43 Å². The maximum Gasteiger partial charge on any atom is 0.271 e. The molecule has 0 aliphatic heterocycles. The summed E-state index contributed by atoms with van der Waals surface area (Å²) in [6, 6.07) is 16.5. The molecule has 0 unspecified atom stereocenters. The highest BCUT2D eigenvalue weighted by Gasteiger charge is 2.01. The topological polar surface area (TPSA) is 50.7 Å². The summed E-state index contributed by atoms with van der Waals surface area (Å²) in [5.41, 5.74) is 3.97. The lowest BCUT2D eigenvalue weighted by Gasteiger charge is -2.04. The van der Waals surface area contributed by atoms with Crippen LogP contribution in [0.15, 0.2) is 59.7 Å². The third kappa shape index (κ3) is 4.76. The summed E-state index contributed by atoms with van der Waals surface area (Å²) in [5.74, 6) is 0.608. The first kappa shape index (κ1) is 14.8. The quantitative estimate of drug-likeness (QED) is 0.653. The highest BCUT2D eigenvalue weighted by atomic mass is 16.5. The van der Waals surface area contributed by atoms with Crippen molar-refractivity contribution in [1.29, 1.82) is 0 Å². The molecule has 0 aromatic heterocycles. The Morgan fingerprint density at radius 3 is 2.52 bits per heavy atom. The molecule has 2 aromatic rings. The van der Waals surface area contributed by atoms with Crippen molar-refractivity contribution >= 4 is 12.1 Å². The highest BCUT2D eigenvalue weighted by molar-refractivity contribution is 5.94. The molecule has 0 bridgehead atoms. The van der Waals surface area contributed by atoms with E-state index in [-0.39, 0.29) is 5.91 Å². The minimum atomic E-state index is -0.227. The summed E-state index contributed by atoms with van der Waals surface area (Å²) in [5, 5.41) is 3.94.